The number of ether oxygens (including phenoxy) is 1. The largest absolute Gasteiger partial charge is 0.486 e. The molecule has 8 nitrogen and oxygen atoms in total. The summed E-state index contributed by atoms with van der Waals surface area (Å²) < 4.78 is 64.5. The third-order valence-electron chi connectivity index (χ3n) is 4.73. The number of hydrogen-bond donors (Lipinski definition) is 3. The van der Waals surface area contributed by atoms with Crippen LogP contribution in [0.15, 0.2) is 53.8 Å². The zero-order valence-corrected chi connectivity index (χ0v) is 18.1. The molecule has 34 heavy (non-hydrogen) atoms. The maximum atomic E-state index is 15.6. The van der Waals surface area contributed by atoms with Crippen LogP contribution in [-0.2, 0) is 18.1 Å². The Bertz CT molecular complexity index is 1210. The molecule has 1 unspecified atom stereocenters. The van der Waals surface area contributed by atoms with Crippen LogP contribution in [0.2, 0.25) is 0 Å². The molecule has 2 aromatic heterocycles. The number of alkyl halides is 2. The molecule has 5 N–H and O–H groups in total. The third kappa shape index (κ3) is 5.09. The van der Waals surface area contributed by atoms with Gasteiger partial charge in [-0.25, -0.2) is 14.6 Å². The molecule has 0 fully saturated rings. The Kier molecular flexibility index (Phi) is 7.35. The predicted molar refractivity (Wildman–Crippen MR) is 115 cm³/mol. The van der Waals surface area contributed by atoms with Crippen molar-refractivity contribution in [2.75, 3.05) is 6.54 Å². The minimum atomic E-state index is -4.21. The van der Waals surface area contributed by atoms with Crippen molar-refractivity contribution in [1.82, 2.24) is 9.99 Å². The van der Waals surface area contributed by atoms with Crippen molar-refractivity contribution in [2.24, 2.45) is 16.8 Å². The molecule has 0 aliphatic rings. The fourth-order valence-corrected chi connectivity index (χ4v) is 3.82. The summed E-state index contributed by atoms with van der Waals surface area (Å²) in [7, 11) is 0. The second kappa shape index (κ2) is 10.0. The van der Waals surface area contributed by atoms with E-state index in [4.69, 9.17) is 21.7 Å². The fraction of sp³-hybridized carbons (Fsp3) is 0.190. The quantitative estimate of drug-likeness (QED) is 0.137. The van der Waals surface area contributed by atoms with Crippen LogP contribution >= 0.6 is 11.3 Å². The average molecular weight is 494 g/mol. The van der Waals surface area contributed by atoms with Gasteiger partial charge in [0.05, 0.1) is 12.7 Å². The highest BCUT2D eigenvalue weighted by Gasteiger charge is 2.58. The van der Waals surface area contributed by atoms with Crippen LogP contribution in [0.1, 0.15) is 21.0 Å². The van der Waals surface area contributed by atoms with Gasteiger partial charge in [-0.2, -0.15) is 19.1 Å². The zero-order valence-electron chi connectivity index (χ0n) is 17.3. The van der Waals surface area contributed by atoms with Crippen LogP contribution in [0.3, 0.4) is 0 Å². The lowest BCUT2D eigenvalue weighted by atomic mass is 9.84. The highest BCUT2D eigenvalue weighted by Crippen LogP contribution is 2.46. The first-order chi connectivity index (χ1) is 16.1. The van der Waals surface area contributed by atoms with Crippen molar-refractivity contribution < 1.29 is 27.4 Å². The SMILES string of the molecule is N#Cc1ccc(COc2ccc(C(F)(F)C(O)(CN(N)/C=N\N)c3ccc(F)cc3F)nc2)s1. The number of aliphatic hydroxyl groups is 1. The second-order valence-electron chi connectivity index (χ2n) is 7.04. The van der Waals surface area contributed by atoms with Crippen molar-refractivity contribution in [1.29, 1.82) is 5.26 Å². The van der Waals surface area contributed by atoms with Crippen LogP contribution in [0, 0.1) is 23.0 Å². The van der Waals surface area contributed by atoms with Gasteiger partial charge in [-0.15, -0.1) is 11.3 Å². The molecule has 3 aromatic rings. The molecule has 0 aliphatic heterocycles. The van der Waals surface area contributed by atoms with Crippen LogP contribution < -0.4 is 16.4 Å². The summed E-state index contributed by atoms with van der Waals surface area (Å²) in [6.07, 6.45) is 1.75. The second-order valence-corrected chi connectivity index (χ2v) is 8.21. The molecule has 0 saturated heterocycles. The highest BCUT2D eigenvalue weighted by atomic mass is 32.1. The molecule has 0 saturated carbocycles. The molecule has 1 aromatic carbocycles. The van der Waals surface area contributed by atoms with Crippen LogP contribution in [-0.4, -0.2) is 28.0 Å². The predicted octanol–water partition coefficient (Wildman–Crippen LogP) is 2.93. The maximum absolute atomic E-state index is 15.6. The van der Waals surface area contributed by atoms with Crippen molar-refractivity contribution in [3.63, 3.8) is 0 Å². The number of nitriles is 1. The maximum Gasteiger partial charge on any atom is 0.323 e. The minimum absolute atomic E-state index is 0.0784. The Morgan fingerprint density at radius 3 is 2.59 bits per heavy atom. The van der Waals surface area contributed by atoms with Gasteiger partial charge in [-0.1, -0.05) is 0 Å². The molecule has 0 aliphatic carbocycles. The van der Waals surface area contributed by atoms with E-state index in [9.17, 15) is 13.9 Å². The third-order valence-corrected chi connectivity index (χ3v) is 5.70. The molecule has 3 rings (SSSR count). The molecular weight excluding hydrogens is 476 g/mol. The summed E-state index contributed by atoms with van der Waals surface area (Å²) >= 11 is 1.21. The molecule has 178 valence electrons. The Hall–Kier alpha value is -3.73. The van der Waals surface area contributed by atoms with Gasteiger partial charge in [-0.05, 0) is 36.4 Å². The lowest BCUT2D eigenvalue weighted by molar-refractivity contribution is -0.203. The standard InChI is InChI=1S/C21H18F4N6O2S/c22-13-1-5-17(18(23)7-13)20(32,11-31(28)12-30-27)21(24,25)19-6-2-14(9-29-19)33-10-16-4-3-15(8-26)34-16/h1-7,9,12,32H,10-11,27-28H2/b30-12-. The van der Waals surface area contributed by atoms with E-state index in [0.717, 1.165) is 29.5 Å². The van der Waals surface area contributed by atoms with Gasteiger partial charge in [0, 0.05) is 16.5 Å². The van der Waals surface area contributed by atoms with Gasteiger partial charge in [0.1, 0.15) is 47.0 Å². The normalized spacial score (nSPS) is 13.4. The van der Waals surface area contributed by atoms with Crippen molar-refractivity contribution in [2.45, 2.75) is 18.1 Å². The van der Waals surface area contributed by atoms with E-state index < -0.39 is 41.0 Å². The molecule has 0 spiro atoms. The summed E-state index contributed by atoms with van der Waals surface area (Å²) in [6, 6.07) is 9.18. The number of hydrazine groups is 1. The lowest BCUT2D eigenvalue weighted by Gasteiger charge is -2.37. The fourth-order valence-electron chi connectivity index (χ4n) is 3.10. The number of nitrogens with zero attached hydrogens (tertiary/aromatic N) is 4. The number of benzene rings is 1. The number of halogens is 4. The van der Waals surface area contributed by atoms with E-state index in [1.165, 1.54) is 17.4 Å². The minimum Gasteiger partial charge on any atom is -0.486 e. The first-order valence-electron chi connectivity index (χ1n) is 9.49. The highest BCUT2D eigenvalue weighted by molar-refractivity contribution is 7.12. The van der Waals surface area contributed by atoms with Gasteiger partial charge in [0.2, 0.25) is 0 Å². The molecule has 13 heteroatoms. The van der Waals surface area contributed by atoms with E-state index >= 15 is 8.78 Å². The number of pyridine rings is 1. The van der Waals surface area contributed by atoms with Crippen molar-refractivity contribution >= 4 is 17.7 Å². The number of hydrazone groups is 1. The number of aromatic nitrogens is 1. The monoisotopic (exact) mass is 494 g/mol. The summed E-state index contributed by atoms with van der Waals surface area (Å²) in [4.78, 5) is 4.90. The van der Waals surface area contributed by atoms with Crippen molar-refractivity contribution in [3.05, 3.63) is 81.3 Å². The molecule has 0 amide bonds. The first kappa shape index (κ1) is 24.9. The smallest absolute Gasteiger partial charge is 0.323 e. The van der Waals surface area contributed by atoms with Gasteiger partial charge in [0.25, 0.3) is 0 Å². The Balaban J connectivity index is 1.91. The zero-order chi connectivity index (χ0) is 24.9. The van der Waals surface area contributed by atoms with E-state index in [2.05, 4.69) is 10.1 Å². The molecule has 1 atom stereocenters. The topological polar surface area (TPSA) is 134 Å². The number of nitrogens with two attached hydrogens (primary N) is 2. The summed E-state index contributed by atoms with van der Waals surface area (Å²) in [5.41, 5.74) is -5.12. The van der Waals surface area contributed by atoms with E-state index in [1.807, 2.05) is 6.07 Å². The number of thiophene rings is 1. The Labute approximate surface area is 195 Å². The summed E-state index contributed by atoms with van der Waals surface area (Å²) in [5, 5.41) is 23.5. The summed E-state index contributed by atoms with van der Waals surface area (Å²) in [5.74, 6) is 4.01. The van der Waals surface area contributed by atoms with Gasteiger partial charge in [-0.3, -0.25) is 9.99 Å². The van der Waals surface area contributed by atoms with E-state index in [-0.39, 0.29) is 12.4 Å². The number of rotatable bonds is 9. The van der Waals surface area contributed by atoms with E-state index in [1.54, 1.807) is 12.1 Å². The molecular formula is C21H18F4N6O2S. The van der Waals surface area contributed by atoms with Crippen LogP contribution in [0.5, 0.6) is 5.75 Å². The van der Waals surface area contributed by atoms with Crippen LogP contribution in [0.25, 0.3) is 0 Å². The summed E-state index contributed by atoms with van der Waals surface area (Å²) in [6.45, 7) is -0.988. The van der Waals surface area contributed by atoms with Gasteiger partial charge < -0.3 is 15.7 Å². The van der Waals surface area contributed by atoms with Gasteiger partial charge in [0.15, 0.2) is 5.60 Å². The first-order valence-corrected chi connectivity index (χ1v) is 10.3. The van der Waals surface area contributed by atoms with Crippen LogP contribution in [0.4, 0.5) is 17.6 Å². The lowest BCUT2D eigenvalue weighted by Crippen LogP contribution is -2.53. The van der Waals surface area contributed by atoms with Crippen molar-refractivity contribution in [3.8, 4) is 11.8 Å². The molecule has 2 heterocycles. The number of hydrogen-bond acceptors (Lipinski definition) is 8. The van der Waals surface area contributed by atoms with E-state index in [0.29, 0.717) is 22.0 Å². The molecule has 0 bridgehead atoms. The molecule has 0 radical (unpaired) electrons. The average Bonchev–Trinajstić information content (AvgIpc) is 3.26. The Morgan fingerprint density at radius 2 is 2.00 bits per heavy atom. The Morgan fingerprint density at radius 1 is 1.24 bits per heavy atom. The van der Waals surface area contributed by atoms with Gasteiger partial charge >= 0.3 is 5.92 Å².